The van der Waals surface area contributed by atoms with E-state index in [-0.39, 0.29) is 24.6 Å². The number of carbonyl (C=O) groups excluding carboxylic acids is 3. The Morgan fingerprint density at radius 2 is 1.68 bits per heavy atom. The van der Waals surface area contributed by atoms with Crippen LogP contribution >= 0.6 is 0 Å². The molecule has 3 N–H and O–H groups in total. The molecule has 0 radical (unpaired) electrons. The van der Waals surface area contributed by atoms with Gasteiger partial charge in [-0.25, -0.2) is 0 Å². The van der Waals surface area contributed by atoms with Gasteiger partial charge in [-0.05, 0) is 17.7 Å². The molecule has 146 valence electrons. The Labute approximate surface area is 161 Å². The number of nitrogens with zero attached hydrogens (tertiary/aromatic N) is 1. The summed E-state index contributed by atoms with van der Waals surface area (Å²) in [7, 11) is 0. The number of amides is 3. The normalized spacial score (nSPS) is 11.2. The summed E-state index contributed by atoms with van der Waals surface area (Å²) in [4.78, 5) is 45.8. The number of nitrogens with one attached hydrogen (secondary N) is 3. The van der Waals surface area contributed by atoms with Gasteiger partial charge in [-0.2, -0.15) is 0 Å². The van der Waals surface area contributed by atoms with E-state index in [1.807, 2.05) is 30.3 Å². The molecular formula is C19H20N4O5. The summed E-state index contributed by atoms with van der Waals surface area (Å²) < 4.78 is 0. The van der Waals surface area contributed by atoms with Crippen molar-refractivity contribution in [2.45, 2.75) is 19.4 Å². The van der Waals surface area contributed by atoms with Gasteiger partial charge in [-0.15, -0.1) is 0 Å². The molecule has 0 aliphatic heterocycles. The third kappa shape index (κ3) is 6.52. The van der Waals surface area contributed by atoms with E-state index in [0.717, 1.165) is 5.56 Å². The van der Waals surface area contributed by atoms with Gasteiger partial charge in [0.2, 0.25) is 17.7 Å². The fourth-order valence-corrected chi connectivity index (χ4v) is 2.47. The van der Waals surface area contributed by atoms with Crippen molar-refractivity contribution in [2.75, 3.05) is 11.9 Å². The second kappa shape index (κ2) is 9.81. The van der Waals surface area contributed by atoms with Crippen molar-refractivity contribution in [1.29, 1.82) is 0 Å². The summed E-state index contributed by atoms with van der Waals surface area (Å²) in [6.07, 6.45) is 0.288. The van der Waals surface area contributed by atoms with Crippen LogP contribution in [0.5, 0.6) is 0 Å². The van der Waals surface area contributed by atoms with Crippen LogP contribution in [0.1, 0.15) is 12.5 Å². The van der Waals surface area contributed by atoms with Gasteiger partial charge in [0.05, 0.1) is 11.5 Å². The SMILES string of the molecule is CC(=O)NC(Cc1ccccc1)C(=O)NCC(=O)Nc1ccc([N+](=O)[O-])cc1. The molecule has 0 heterocycles. The molecule has 0 saturated carbocycles. The lowest BCUT2D eigenvalue weighted by molar-refractivity contribution is -0.384. The van der Waals surface area contributed by atoms with Crippen molar-refractivity contribution in [3.8, 4) is 0 Å². The lowest BCUT2D eigenvalue weighted by Crippen LogP contribution is -2.49. The third-order valence-electron chi connectivity index (χ3n) is 3.76. The molecule has 2 aromatic carbocycles. The second-order valence-corrected chi connectivity index (χ2v) is 6.01. The molecule has 1 atom stereocenters. The summed E-state index contributed by atoms with van der Waals surface area (Å²) in [6, 6.07) is 13.7. The first-order chi connectivity index (χ1) is 13.3. The Hall–Kier alpha value is -3.75. The Morgan fingerprint density at radius 1 is 1.04 bits per heavy atom. The highest BCUT2D eigenvalue weighted by molar-refractivity contribution is 5.96. The van der Waals surface area contributed by atoms with Gasteiger partial charge < -0.3 is 16.0 Å². The van der Waals surface area contributed by atoms with Crippen LogP contribution in [0.15, 0.2) is 54.6 Å². The first kappa shape index (κ1) is 20.6. The topological polar surface area (TPSA) is 130 Å². The van der Waals surface area contributed by atoms with Crippen LogP contribution in [0, 0.1) is 10.1 Å². The molecule has 2 rings (SSSR count). The van der Waals surface area contributed by atoms with Crippen LogP contribution < -0.4 is 16.0 Å². The van der Waals surface area contributed by atoms with E-state index >= 15 is 0 Å². The molecule has 9 nitrogen and oxygen atoms in total. The highest BCUT2D eigenvalue weighted by Crippen LogP contribution is 2.15. The number of anilines is 1. The number of non-ortho nitro benzene ring substituents is 1. The Bertz CT molecular complexity index is 852. The fraction of sp³-hybridized carbons (Fsp3) is 0.211. The molecule has 2 aromatic rings. The lowest BCUT2D eigenvalue weighted by atomic mass is 10.1. The summed E-state index contributed by atoms with van der Waals surface area (Å²) >= 11 is 0. The molecular weight excluding hydrogens is 364 g/mol. The van der Waals surface area contributed by atoms with Gasteiger partial charge in [0.15, 0.2) is 0 Å². The lowest BCUT2D eigenvalue weighted by Gasteiger charge is -2.17. The van der Waals surface area contributed by atoms with Gasteiger partial charge in [0.25, 0.3) is 5.69 Å². The summed E-state index contributed by atoms with van der Waals surface area (Å²) in [5.41, 5.74) is 1.14. The van der Waals surface area contributed by atoms with E-state index in [1.54, 1.807) is 0 Å². The molecule has 9 heteroatoms. The molecule has 0 spiro atoms. The number of rotatable bonds is 8. The number of benzene rings is 2. The van der Waals surface area contributed by atoms with Crippen LogP contribution in [-0.2, 0) is 20.8 Å². The second-order valence-electron chi connectivity index (χ2n) is 6.01. The number of nitro benzene ring substituents is 1. The van der Waals surface area contributed by atoms with Gasteiger partial charge in [0.1, 0.15) is 6.04 Å². The van der Waals surface area contributed by atoms with Crippen LogP contribution in [-0.4, -0.2) is 35.2 Å². The van der Waals surface area contributed by atoms with E-state index < -0.39 is 22.8 Å². The van der Waals surface area contributed by atoms with Crippen LogP contribution in [0.25, 0.3) is 0 Å². The zero-order valence-electron chi connectivity index (χ0n) is 15.2. The quantitative estimate of drug-likeness (QED) is 0.468. The van der Waals surface area contributed by atoms with E-state index in [1.165, 1.54) is 31.2 Å². The zero-order chi connectivity index (χ0) is 20.5. The smallest absolute Gasteiger partial charge is 0.269 e. The molecule has 0 aromatic heterocycles. The van der Waals surface area contributed by atoms with Crippen LogP contribution in [0.4, 0.5) is 11.4 Å². The van der Waals surface area contributed by atoms with E-state index in [0.29, 0.717) is 5.69 Å². The monoisotopic (exact) mass is 384 g/mol. The van der Waals surface area contributed by atoms with Crippen molar-refractivity contribution in [2.24, 2.45) is 0 Å². The minimum atomic E-state index is -0.813. The largest absolute Gasteiger partial charge is 0.345 e. The van der Waals surface area contributed by atoms with Gasteiger partial charge in [-0.1, -0.05) is 30.3 Å². The minimum absolute atomic E-state index is 0.0923. The van der Waals surface area contributed by atoms with Gasteiger partial charge in [-0.3, -0.25) is 24.5 Å². The Kier molecular flexibility index (Phi) is 7.21. The van der Waals surface area contributed by atoms with Crippen molar-refractivity contribution < 1.29 is 19.3 Å². The van der Waals surface area contributed by atoms with Crippen molar-refractivity contribution >= 4 is 29.1 Å². The summed E-state index contributed by atoms with van der Waals surface area (Å²) in [6.45, 7) is 1.01. The number of hydrogen-bond donors (Lipinski definition) is 3. The van der Waals surface area contributed by atoms with Crippen molar-refractivity contribution in [1.82, 2.24) is 10.6 Å². The van der Waals surface area contributed by atoms with Crippen LogP contribution in [0.2, 0.25) is 0 Å². The fourth-order valence-electron chi connectivity index (χ4n) is 2.47. The summed E-state index contributed by atoms with van der Waals surface area (Å²) in [5.74, 6) is -1.34. The summed E-state index contributed by atoms with van der Waals surface area (Å²) in [5, 5.41) is 18.2. The Balaban J connectivity index is 1.90. The zero-order valence-corrected chi connectivity index (χ0v) is 15.2. The Morgan fingerprint density at radius 3 is 2.25 bits per heavy atom. The van der Waals surface area contributed by atoms with Crippen LogP contribution in [0.3, 0.4) is 0 Å². The van der Waals surface area contributed by atoms with E-state index in [9.17, 15) is 24.5 Å². The number of nitro groups is 1. The molecule has 0 aliphatic carbocycles. The number of hydrogen-bond acceptors (Lipinski definition) is 5. The highest BCUT2D eigenvalue weighted by Gasteiger charge is 2.20. The van der Waals surface area contributed by atoms with Gasteiger partial charge >= 0.3 is 0 Å². The molecule has 28 heavy (non-hydrogen) atoms. The molecule has 0 fully saturated rings. The van der Waals surface area contributed by atoms with E-state index in [2.05, 4.69) is 16.0 Å². The predicted octanol–water partition coefficient (Wildman–Crippen LogP) is 1.40. The molecule has 0 saturated heterocycles. The highest BCUT2D eigenvalue weighted by atomic mass is 16.6. The van der Waals surface area contributed by atoms with E-state index in [4.69, 9.17) is 0 Å². The molecule has 0 bridgehead atoms. The first-order valence-electron chi connectivity index (χ1n) is 8.48. The minimum Gasteiger partial charge on any atom is -0.345 e. The molecule has 0 aliphatic rings. The predicted molar refractivity (Wildman–Crippen MR) is 102 cm³/mol. The first-order valence-corrected chi connectivity index (χ1v) is 8.48. The van der Waals surface area contributed by atoms with Gasteiger partial charge in [0, 0.05) is 31.2 Å². The number of carbonyl (C=O) groups is 3. The molecule has 3 amide bonds. The maximum atomic E-state index is 12.4. The molecule has 1 unspecified atom stereocenters. The maximum absolute atomic E-state index is 12.4. The third-order valence-corrected chi connectivity index (χ3v) is 3.76. The maximum Gasteiger partial charge on any atom is 0.269 e. The standard InChI is InChI=1S/C19H20N4O5/c1-13(24)21-17(11-14-5-3-2-4-6-14)19(26)20-12-18(25)22-15-7-9-16(10-8-15)23(27)28/h2-10,17H,11-12H2,1H3,(H,20,26)(H,21,24)(H,22,25). The average molecular weight is 384 g/mol. The van der Waals surface area contributed by atoms with Crippen molar-refractivity contribution in [3.05, 3.63) is 70.3 Å². The average Bonchev–Trinajstić information content (AvgIpc) is 2.66. The van der Waals surface area contributed by atoms with Crippen molar-refractivity contribution in [3.63, 3.8) is 0 Å².